The molecule has 3 aromatic rings. The minimum Gasteiger partial charge on any atom is -0.481 e. The third-order valence-corrected chi connectivity index (χ3v) is 7.13. The Balaban J connectivity index is 1.72. The van der Waals surface area contributed by atoms with Crippen molar-refractivity contribution >= 4 is 17.8 Å². The molecule has 0 aliphatic carbocycles. The average Bonchev–Trinajstić information content (AvgIpc) is 2.88. The van der Waals surface area contributed by atoms with Crippen LogP contribution in [0.5, 0.6) is 0 Å². The number of carbonyl (C=O) groups is 3. The maximum Gasteiger partial charge on any atom is 0.305 e. The third-order valence-electron chi connectivity index (χ3n) is 7.13. The molecule has 2 amide bonds. The second-order valence-electron chi connectivity index (χ2n) is 10.2. The van der Waals surface area contributed by atoms with Gasteiger partial charge in [-0.15, -0.1) is 0 Å². The molecule has 7 nitrogen and oxygen atoms in total. The van der Waals surface area contributed by atoms with Crippen LogP contribution in [0.25, 0.3) is 11.1 Å². The zero-order valence-corrected chi connectivity index (χ0v) is 22.1. The summed E-state index contributed by atoms with van der Waals surface area (Å²) in [5.74, 6) is -4.25. The topological polar surface area (TPSA) is 99.6 Å². The molecule has 1 unspecified atom stereocenters. The molecule has 2 aromatic carbocycles. The molecule has 2 N–H and O–H groups in total. The van der Waals surface area contributed by atoms with Gasteiger partial charge in [0.15, 0.2) is 11.6 Å². The molecular formula is C30H31F2N3O4. The number of halogens is 2. The first kappa shape index (κ1) is 27.9. The number of nitrogens with one attached hydrogen (secondary N) is 1. The minimum absolute atomic E-state index is 0.0938. The van der Waals surface area contributed by atoms with Crippen LogP contribution in [-0.2, 0) is 14.4 Å². The first-order valence-corrected chi connectivity index (χ1v) is 12.8. The van der Waals surface area contributed by atoms with E-state index in [1.54, 1.807) is 12.3 Å². The molecule has 1 aromatic heterocycles. The molecule has 4 rings (SSSR count). The zero-order valence-electron chi connectivity index (χ0n) is 22.1. The lowest BCUT2D eigenvalue weighted by Gasteiger charge is -2.37. The molecule has 1 aliphatic rings. The van der Waals surface area contributed by atoms with Crippen molar-refractivity contribution in [3.05, 3.63) is 88.7 Å². The Hall–Kier alpha value is -4.14. The maximum absolute atomic E-state index is 14.2. The SMILES string of the molecule is Cc1cccc(C)c1-c1cncc([C@H](CC(=O)O)NC(=O)[C@@H](c2ccc(F)c(F)c2)N2CC(C)CCC2=O)c1. The van der Waals surface area contributed by atoms with Crippen LogP contribution in [-0.4, -0.2) is 39.3 Å². The normalized spacial score (nSPS) is 17.0. The molecule has 1 aliphatic heterocycles. The minimum atomic E-state index is -1.26. The molecule has 0 radical (unpaired) electrons. The molecule has 0 spiro atoms. The fourth-order valence-electron chi connectivity index (χ4n) is 5.18. The molecule has 1 saturated heterocycles. The van der Waals surface area contributed by atoms with Gasteiger partial charge in [0.25, 0.3) is 0 Å². The molecular weight excluding hydrogens is 504 g/mol. The summed E-state index contributed by atoms with van der Waals surface area (Å²) in [6, 6.07) is 8.50. The molecule has 39 heavy (non-hydrogen) atoms. The Labute approximate surface area is 225 Å². The van der Waals surface area contributed by atoms with Crippen LogP contribution in [0.15, 0.2) is 54.9 Å². The quantitative estimate of drug-likeness (QED) is 0.409. The van der Waals surface area contributed by atoms with E-state index in [0.29, 0.717) is 12.0 Å². The number of carboxylic acid groups (broad SMARTS) is 1. The van der Waals surface area contributed by atoms with Crippen molar-refractivity contribution in [2.75, 3.05) is 6.54 Å². The van der Waals surface area contributed by atoms with Crippen molar-refractivity contribution in [2.45, 2.75) is 52.1 Å². The van der Waals surface area contributed by atoms with E-state index in [-0.39, 0.29) is 30.4 Å². The van der Waals surface area contributed by atoms with Gasteiger partial charge in [-0.25, -0.2) is 8.78 Å². The predicted molar refractivity (Wildman–Crippen MR) is 141 cm³/mol. The van der Waals surface area contributed by atoms with Gasteiger partial charge < -0.3 is 15.3 Å². The number of pyridine rings is 1. The smallest absolute Gasteiger partial charge is 0.305 e. The second kappa shape index (κ2) is 11.7. The van der Waals surface area contributed by atoms with E-state index in [4.69, 9.17) is 0 Å². The summed E-state index contributed by atoms with van der Waals surface area (Å²) in [4.78, 5) is 44.2. The van der Waals surface area contributed by atoms with Crippen LogP contribution >= 0.6 is 0 Å². The molecule has 1 fully saturated rings. The van der Waals surface area contributed by atoms with Crippen molar-refractivity contribution in [1.29, 1.82) is 0 Å². The van der Waals surface area contributed by atoms with E-state index in [0.717, 1.165) is 34.4 Å². The highest BCUT2D eigenvalue weighted by Crippen LogP contribution is 2.32. The summed E-state index contributed by atoms with van der Waals surface area (Å²) in [5.41, 5.74) is 4.33. The fraction of sp³-hybridized carbons (Fsp3) is 0.333. The van der Waals surface area contributed by atoms with Gasteiger partial charge >= 0.3 is 5.97 Å². The number of likely N-dealkylation sites (tertiary alicyclic amines) is 1. The van der Waals surface area contributed by atoms with Crippen LogP contribution in [0.4, 0.5) is 8.78 Å². The van der Waals surface area contributed by atoms with E-state index in [1.165, 1.54) is 17.2 Å². The van der Waals surface area contributed by atoms with Gasteiger partial charge in [-0.2, -0.15) is 0 Å². The zero-order chi connectivity index (χ0) is 28.3. The monoisotopic (exact) mass is 535 g/mol. The van der Waals surface area contributed by atoms with Gasteiger partial charge in [0.2, 0.25) is 11.8 Å². The Bertz CT molecular complexity index is 1390. The number of aryl methyl sites for hydroxylation is 2. The second-order valence-corrected chi connectivity index (χ2v) is 10.2. The highest BCUT2D eigenvalue weighted by molar-refractivity contribution is 5.89. The predicted octanol–water partition coefficient (Wildman–Crippen LogP) is 5.28. The van der Waals surface area contributed by atoms with E-state index in [2.05, 4.69) is 10.3 Å². The Morgan fingerprint density at radius 1 is 1.08 bits per heavy atom. The van der Waals surface area contributed by atoms with Gasteiger partial charge in [-0.05, 0) is 72.2 Å². The van der Waals surface area contributed by atoms with Gasteiger partial charge in [-0.1, -0.05) is 31.2 Å². The number of piperidine rings is 1. The van der Waals surface area contributed by atoms with Gasteiger partial charge in [0.1, 0.15) is 6.04 Å². The summed E-state index contributed by atoms with van der Waals surface area (Å²) in [5, 5.41) is 12.4. The summed E-state index contributed by atoms with van der Waals surface area (Å²) in [6.07, 6.45) is 3.59. The van der Waals surface area contributed by atoms with E-state index < -0.39 is 42.0 Å². The fourth-order valence-corrected chi connectivity index (χ4v) is 5.18. The van der Waals surface area contributed by atoms with Gasteiger partial charge in [-0.3, -0.25) is 19.4 Å². The van der Waals surface area contributed by atoms with Crippen LogP contribution in [0, 0.1) is 31.4 Å². The molecule has 3 atom stereocenters. The van der Waals surface area contributed by atoms with E-state index in [9.17, 15) is 28.3 Å². The summed E-state index contributed by atoms with van der Waals surface area (Å²) in [6.45, 7) is 6.13. The number of aliphatic carboxylic acids is 1. The van der Waals surface area contributed by atoms with Crippen LogP contribution in [0.3, 0.4) is 0 Å². The van der Waals surface area contributed by atoms with Crippen molar-refractivity contribution in [2.24, 2.45) is 5.92 Å². The molecule has 204 valence electrons. The van der Waals surface area contributed by atoms with Crippen molar-refractivity contribution in [3.63, 3.8) is 0 Å². The van der Waals surface area contributed by atoms with Crippen LogP contribution in [0.2, 0.25) is 0 Å². The lowest BCUT2D eigenvalue weighted by molar-refractivity contribution is -0.145. The largest absolute Gasteiger partial charge is 0.481 e. The Morgan fingerprint density at radius 2 is 1.79 bits per heavy atom. The third kappa shape index (κ3) is 6.30. The van der Waals surface area contributed by atoms with Crippen molar-refractivity contribution < 1.29 is 28.3 Å². The summed E-state index contributed by atoms with van der Waals surface area (Å²) >= 11 is 0. The number of carboxylic acids is 1. The Morgan fingerprint density at radius 3 is 2.46 bits per heavy atom. The van der Waals surface area contributed by atoms with Gasteiger partial charge in [0.05, 0.1) is 12.5 Å². The number of hydrogen-bond acceptors (Lipinski definition) is 4. The first-order valence-electron chi connectivity index (χ1n) is 12.8. The molecule has 0 bridgehead atoms. The highest BCUT2D eigenvalue weighted by Gasteiger charge is 2.36. The van der Waals surface area contributed by atoms with Crippen molar-refractivity contribution in [1.82, 2.24) is 15.2 Å². The van der Waals surface area contributed by atoms with E-state index in [1.807, 2.05) is 39.0 Å². The number of hydrogen-bond donors (Lipinski definition) is 2. The number of rotatable bonds is 8. The summed E-state index contributed by atoms with van der Waals surface area (Å²) in [7, 11) is 0. The number of aromatic nitrogens is 1. The highest BCUT2D eigenvalue weighted by atomic mass is 19.2. The number of carbonyl (C=O) groups excluding carboxylic acids is 2. The molecule has 2 heterocycles. The number of amides is 2. The van der Waals surface area contributed by atoms with Crippen LogP contribution < -0.4 is 5.32 Å². The van der Waals surface area contributed by atoms with Crippen LogP contribution in [0.1, 0.15) is 60.5 Å². The maximum atomic E-state index is 14.2. The lowest BCUT2D eigenvalue weighted by Crippen LogP contribution is -2.48. The summed E-state index contributed by atoms with van der Waals surface area (Å²) < 4.78 is 27.9. The average molecular weight is 536 g/mol. The number of benzene rings is 2. The first-order chi connectivity index (χ1) is 18.5. The molecule has 0 saturated carbocycles. The Kier molecular flexibility index (Phi) is 8.38. The molecule has 9 heteroatoms. The lowest BCUT2D eigenvalue weighted by atomic mass is 9.93. The van der Waals surface area contributed by atoms with Crippen molar-refractivity contribution in [3.8, 4) is 11.1 Å². The van der Waals surface area contributed by atoms with E-state index >= 15 is 0 Å². The van der Waals surface area contributed by atoms with Gasteiger partial charge in [0, 0.05) is 30.9 Å². The standard InChI is InChI=1S/C30H31F2N3O4/c1-17-7-10-26(36)35(16-17)29(20-8-9-23(31)24(32)12-20)30(39)34-25(13-27(37)38)21-11-22(15-33-14-21)28-18(2)5-4-6-19(28)3/h4-6,8-9,11-12,14-15,17,25,29H,7,10,13,16H2,1-3H3,(H,34,39)(H,37,38)/t17?,25-,29+/m0/s1. The number of nitrogens with zero attached hydrogens (tertiary/aromatic N) is 2.